The maximum Gasteiger partial charge on any atom is 0.296 e. The highest BCUT2D eigenvalue weighted by Gasteiger charge is 2.31. The summed E-state index contributed by atoms with van der Waals surface area (Å²) in [5.41, 5.74) is 1.34. The Morgan fingerprint density at radius 3 is 3.04 bits per heavy atom. The topological polar surface area (TPSA) is 93.9 Å². The van der Waals surface area contributed by atoms with Gasteiger partial charge in [-0.15, -0.1) is 0 Å². The molecule has 1 aliphatic rings. The van der Waals surface area contributed by atoms with Crippen molar-refractivity contribution in [1.29, 1.82) is 0 Å². The zero-order chi connectivity index (χ0) is 17.7. The van der Waals surface area contributed by atoms with E-state index in [1.807, 2.05) is 13.0 Å². The van der Waals surface area contributed by atoms with Gasteiger partial charge in [0.05, 0.1) is 17.2 Å². The monoisotopic (exact) mass is 404 g/mol. The van der Waals surface area contributed by atoms with E-state index in [1.165, 1.54) is 16.6 Å². The molecule has 4 heterocycles. The minimum Gasteiger partial charge on any atom is -0.469 e. The van der Waals surface area contributed by atoms with Crippen LogP contribution >= 0.6 is 15.9 Å². The molecule has 1 atom stereocenters. The lowest BCUT2D eigenvalue weighted by Gasteiger charge is -2.32. The third kappa shape index (κ3) is 2.51. The van der Waals surface area contributed by atoms with E-state index in [0.717, 1.165) is 11.3 Å². The molecule has 1 amide bonds. The molecule has 1 aliphatic heterocycles. The largest absolute Gasteiger partial charge is 0.469 e. The highest BCUT2D eigenvalue weighted by atomic mass is 79.9. The number of rotatable bonds is 2. The summed E-state index contributed by atoms with van der Waals surface area (Å²) in [5.74, 6) is 0.639. The number of hydrogen-bond donors (Lipinski definition) is 0. The lowest BCUT2D eigenvalue weighted by atomic mass is 10.0. The highest BCUT2D eigenvalue weighted by Crippen LogP contribution is 2.32. The normalized spacial score (nSPS) is 16.9. The maximum atomic E-state index is 12.9. The molecular formula is C16H13BrN4O4. The number of halogens is 1. The lowest BCUT2D eigenvalue weighted by molar-refractivity contribution is -0.383. The Bertz CT molecular complexity index is 1010. The first-order chi connectivity index (χ1) is 12.0. The second kappa shape index (κ2) is 5.69. The molecule has 0 saturated carbocycles. The van der Waals surface area contributed by atoms with Gasteiger partial charge in [-0.1, -0.05) is 0 Å². The Morgan fingerprint density at radius 1 is 1.48 bits per heavy atom. The van der Waals surface area contributed by atoms with Crippen molar-refractivity contribution in [3.63, 3.8) is 0 Å². The number of carbonyl (C=O) groups is 1. The molecule has 0 aliphatic carbocycles. The third-order valence-electron chi connectivity index (χ3n) is 4.47. The summed E-state index contributed by atoms with van der Waals surface area (Å²) in [6.45, 7) is 2.44. The van der Waals surface area contributed by atoms with Gasteiger partial charge in [-0.3, -0.25) is 14.9 Å². The fourth-order valence-electron chi connectivity index (χ4n) is 3.23. The number of furan rings is 1. The van der Waals surface area contributed by atoms with Gasteiger partial charge in [0.1, 0.15) is 11.3 Å². The van der Waals surface area contributed by atoms with Crippen molar-refractivity contribution >= 4 is 33.0 Å². The quantitative estimate of drug-likeness (QED) is 0.482. The molecule has 1 unspecified atom stereocenters. The third-order valence-corrected chi connectivity index (χ3v) is 4.91. The molecule has 0 fully saturated rings. The summed E-state index contributed by atoms with van der Waals surface area (Å²) in [6, 6.07) is 4.59. The summed E-state index contributed by atoms with van der Waals surface area (Å²) in [4.78, 5) is 25.4. The number of nitrogens with zero attached hydrogens (tertiary/aromatic N) is 4. The van der Waals surface area contributed by atoms with Crippen LogP contribution in [0.15, 0.2) is 39.5 Å². The van der Waals surface area contributed by atoms with Crippen LogP contribution in [0.25, 0.3) is 5.52 Å². The average molecular weight is 405 g/mol. The van der Waals surface area contributed by atoms with E-state index in [9.17, 15) is 14.9 Å². The lowest BCUT2D eigenvalue weighted by Crippen LogP contribution is -2.38. The highest BCUT2D eigenvalue weighted by molar-refractivity contribution is 9.10. The molecule has 25 heavy (non-hydrogen) atoms. The molecule has 4 rings (SSSR count). The average Bonchev–Trinajstić information content (AvgIpc) is 3.20. The molecule has 3 aromatic heterocycles. The van der Waals surface area contributed by atoms with Gasteiger partial charge in [0.25, 0.3) is 11.6 Å². The predicted octanol–water partition coefficient (Wildman–Crippen LogP) is 3.36. The first kappa shape index (κ1) is 15.8. The summed E-state index contributed by atoms with van der Waals surface area (Å²) in [6.07, 6.45) is 3.85. The molecule has 0 aromatic carbocycles. The summed E-state index contributed by atoms with van der Waals surface area (Å²) in [7, 11) is 0. The molecule has 0 spiro atoms. The molecule has 8 nitrogen and oxygen atoms in total. The number of fused-ring (bicyclic) bond motifs is 2. The van der Waals surface area contributed by atoms with Crippen molar-refractivity contribution in [3.8, 4) is 0 Å². The van der Waals surface area contributed by atoms with Gasteiger partial charge in [-0.25, -0.2) is 4.52 Å². The van der Waals surface area contributed by atoms with E-state index in [2.05, 4.69) is 21.0 Å². The Balaban J connectivity index is 1.74. The number of aromatic nitrogens is 2. The van der Waals surface area contributed by atoms with Crippen LogP contribution in [0.4, 0.5) is 5.69 Å². The molecule has 3 aromatic rings. The molecule has 0 saturated heterocycles. The van der Waals surface area contributed by atoms with Gasteiger partial charge in [-0.2, -0.15) is 5.10 Å². The minimum absolute atomic E-state index is 0.107. The fourth-order valence-corrected chi connectivity index (χ4v) is 3.64. The van der Waals surface area contributed by atoms with E-state index in [0.29, 0.717) is 17.4 Å². The van der Waals surface area contributed by atoms with Crippen LogP contribution in [0.2, 0.25) is 0 Å². The number of carbonyl (C=O) groups excluding carboxylic acids is 1. The van der Waals surface area contributed by atoms with E-state index in [4.69, 9.17) is 4.42 Å². The van der Waals surface area contributed by atoms with Gasteiger partial charge in [-0.05, 0) is 28.9 Å². The second-order valence-electron chi connectivity index (χ2n) is 5.88. The Kier molecular flexibility index (Phi) is 3.60. The summed E-state index contributed by atoms with van der Waals surface area (Å²) >= 11 is 3.23. The van der Waals surface area contributed by atoms with Crippen molar-refractivity contribution in [2.45, 2.75) is 19.4 Å². The Hall–Kier alpha value is -2.68. The predicted molar refractivity (Wildman–Crippen MR) is 91.4 cm³/mol. The molecule has 128 valence electrons. The first-order valence-corrected chi connectivity index (χ1v) is 8.45. The van der Waals surface area contributed by atoms with Gasteiger partial charge >= 0.3 is 0 Å². The smallest absolute Gasteiger partial charge is 0.296 e. The molecule has 0 N–H and O–H groups in total. The second-order valence-corrected chi connectivity index (χ2v) is 6.80. The Morgan fingerprint density at radius 2 is 2.28 bits per heavy atom. The SMILES string of the molecule is CC1c2ccoc2CCN1C(=O)c1cc2c([N+](=O)[O-])cc(Br)cn2n1. The van der Waals surface area contributed by atoms with E-state index < -0.39 is 4.92 Å². The van der Waals surface area contributed by atoms with Crippen LogP contribution in [-0.2, 0) is 6.42 Å². The number of nitro groups is 1. The van der Waals surface area contributed by atoms with E-state index >= 15 is 0 Å². The summed E-state index contributed by atoms with van der Waals surface area (Å²) < 4.78 is 7.30. The van der Waals surface area contributed by atoms with Crippen molar-refractivity contribution in [2.75, 3.05) is 6.54 Å². The number of pyridine rings is 1. The molecular weight excluding hydrogens is 392 g/mol. The van der Waals surface area contributed by atoms with Crippen LogP contribution in [-0.4, -0.2) is 31.9 Å². The van der Waals surface area contributed by atoms with Crippen LogP contribution in [0.1, 0.15) is 34.8 Å². The minimum atomic E-state index is -0.489. The number of hydrogen-bond acceptors (Lipinski definition) is 5. The van der Waals surface area contributed by atoms with Gasteiger partial charge < -0.3 is 9.32 Å². The Labute approximate surface area is 150 Å². The van der Waals surface area contributed by atoms with Gasteiger partial charge in [0.2, 0.25) is 0 Å². The van der Waals surface area contributed by atoms with Gasteiger partial charge in [0, 0.05) is 41.3 Å². The molecule has 0 radical (unpaired) electrons. The maximum absolute atomic E-state index is 12.9. The molecule has 0 bridgehead atoms. The summed E-state index contributed by atoms with van der Waals surface area (Å²) in [5, 5.41) is 15.5. The van der Waals surface area contributed by atoms with Crippen LogP contribution in [0, 0.1) is 10.1 Å². The standard InChI is InChI=1S/C16H13BrN4O4/c1-9-11-3-5-25-15(11)2-4-19(9)16(22)12-7-13-14(21(23)24)6-10(17)8-20(13)18-12/h3,5-9H,2,4H2,1H3. The zero-order valence-corrected chi connectivity index (χ0v) is 14.8. The van der Waals surface area contributed by atoms with Crippen LogP contribution in [0.5, 0.6) is 0 Å². The van der Waals surface area contributed by atoms with Crippen molar-refractivity contribution in [1.82, 2.24) is 14.5 Å². The van der Waals surface area contributed by atoms with Gasteiger partial charge in [0.15, 0.2) is 5.69 Å². The van der Waals surface area contributed by atoms with Crippen molar-refractivity contribution < 1.29 is 14.1 Å². The fraction of sp³-hybridized carbons (Fsp3) is 0.250. The molecule has 9 heteroatoms. The number of amides is 1. The van der Waals surface area contributed by atoms with E-state index in [1.54, 1.807) is 17.4 Å². The van der Waals surface area contributed by atoms with E-state index in [-0.39, 0.29) is 28.8 Å². The zero-order valence-electron chi connectivity index (χ0n) is 13.2. The van der Waals surface area contributed by atoms with Crippen LogP contribution in [0.3, 0.4) is 0 Å². The first-order valence-electron chi connectivity index (χ1n) is 7.66. The van der Waals surface area contributed by atoms with Crippen LogP contribution < -0.4 is 0 Å². The van der Waals surface area contributed by atoms with Crippen molar-refractivity contribution in [2.24, 2.45) is 0 Å². The van der Waals surface area contributed by atoms with Crippen molar-refractivity contribution in [3.05, 3.63) is 62.3 Å².